The number of non-ortho nitro benzene ring substituents is 1. The van der Waals surface area contributed by atoms with Gasteiger partial charge in [-0.3, -0.25) is 19.2 Å². The van der Waals surface area contributed by atoms with Gasteiger partial charge in [-0.05, 0) is 42.5 Å². The second-order valence-electron chi connectivity index (χ2n) is 7.12. The Morgan fingerprint density at radius 3 is 2.44 bits per heavy atom. The molecule has 0 saturated carbocycles. The third-order valence-electron chi connectivity index (χ3n) is 4.87. The largest absolute Gasteiger partial charge is 0.497 e. The normalized spacial score (nSPS) is 11.2. The molecular formula is C23H21ClN4O7S. The molecule has 0 aliphatic rings. The van der Waals surface area contributed by atoms with Crippen molar-refractivity contribution in [2.24, 2.45) is 5.10 Å². The van der Waals surface area contributed by atoms with Crippen LogP contribution >= 0.6 is 11.6 Å². The third-order valence-corrected chi connectivity index (χ3v) is 6.99. The molecule has 0 atom stereocenters. The van der Waals surface area contributed by atoms with Gasteiger partial charge in [0.1, 0.15) is 18.0 Å². The SMILES string of the molecule is COc1ccc(S(=O)(=O)N(CC(=O)N/N=C\c2cc([N+](=O)[O-])ccc2Cl)c2ccccc2OC)cc1. The molecule has 0 bridgehead atoms. The van der Waals surface area contributed by atoms with Crippen molar-refractivity contribution >= 4 is 45.1 Å². The molecule has 3 aromatic rings. The van der Waals surface area contributed by atoms with Crippen LogP contribution in [-0.4, -0.2) is 46.2 Å². The van der Waals surface area contributed by atoms with Crippen LogP contribution in [-0.2, 0) is 14.8 Å². The number of sulfonamides is 1. The average molecular weight is 533 g/mol. The average Bonchev–Trinajstić information content (AvgIpc) is 2.88. The number of halogens is 1. The quantitative estimate of drug-likeness (QED) is 0.239. The van der Waals surface area contributed by atoms with Crippen molar-refractivity contribution in [3.05, 3.63) is 87.4 Å². The zero-order valence-corrected chi connectivity index (χ0v) is 20.7. The topological polar surface area (TPSA) is 140 Å². The highest BCUT2D eigenvalue weighted by atomic mass is 35.5. The molecule has 0 spiro atoms. The maximum atomic E-state index is 13.5. The Bertz CT molecular complexity index is 1400. The van der Waals surface area contributed by atoms with Crippen LogP contribution in [0.15, 0.2) is 76.7 Å². The minimum Gasteiger partial charge on any atom is -0.497 e. The number of rotatable bonds is 10. The van der Waals surface area contributed by atoms with Crippen LogP contribution in [0.25, 0.3) is 0 Å². The Hall–Kier alpha value is -4.16. The van der Waals surface area contributed by atoms with E-state index in [4.69, 9.17) is 21.1 Å². The maximum absolute atomic E-state index is 13.5. The van der Waals surface area contributed by atoms with E-state index in [1.54, 1.807) is 18.2 Å². The van der Waals surface area contributed by atoms with E-state index < -0.39 is 27.4 Å². The highest BCUT2D eigenvalue weighted by Crippen LogP contribution is 2.32. The molecule has 13 heteroatoms. The zero-order valence-electron chi connectivity index (χ0n) is 19.1. The predicted molar refractivity (Wildman–Crippen MR) is 134 cm³/mol. The molecule has 3 aromatic carbocycles. The summed E-state index contributed by atoms with van der Waals surface area (Å²) in [5.41, 5.74) is 2.34. The van der Waals surface area contributed by atoms with Gasteiger partial charge in [0, 0.05) is 22.7 Å². The first kappa shape index (κ1) is 26.4. The van der Waals surface area contributed by atoms with Gasteiger partial charge in [-0.1, -0.05) is 23.7 Å². The van der Waals surface area contributed by atoms with Gasteiger partial charge in [-0.15, -0.1) is 0 Å². The van der Waals surface area contributed by atoms with Gasteiger partial charge < -0.3 is 9.47 Å². The molecule has 0 aliphatic heterocycles. The minimum absolute atomic E-state index is 0.0751. The summed E-state index contributed by atoms with van der Waals surface area (Å²) in [5.74, 6) is -0.0882. The summed E-state index contributed by atoms with van der Waals surface area (Å²) in [7, 11) is -1.38. The number of para-hydroxylation sites is 2. The first-order valence-electron chi connectivity index (χ1n) is 10.2. The number of carbonyl (C=O) groups excluding carboxylic acids is 1. The van der Waals surface area contributed by atoms with Gasteiger partial charge >= 0.3 is 0 Å². The first-order valence-corrected chi connectivity index (χ1v) is 12.0. The van der Waals surface area contributed by atoms with Gasteiger partial charge in [-0.25, -0.2) is 13.8 Å². The van der Waals surface area contributed by atoms with E-state index in [0.29, 0.717) is 5.75 Å². The van der Waals surface area contributed by atoms with Crippen LogP contribution in [0.4, 0.5) is 11.4 Å². The molecule has 36 heavy (non-hydrogen) atoms. The molecular weight excluding hydrogens is 512 g/mol. The van der Waals surface area contributed by atoms with E-state index >= 15 is 0 Å². The highest BCUT2D eigenvalue weighted by molar-refractivity contribution is 7.92. The molecule has 0 saturated heterocycles. The Morgan fingerprint density at radius 2 is 1.81 bits per heavy atom. The number of ether oxygens (including phenoxy) is 2. The number of hydrazone groups is 1. The highest BCUT2D eigenvalue weighted by Gasteiger charge is 2.29. The molecule has 188 valence electrons. The number of hydrogen-bond acceptors (Lipinski definition) is 8. The van der Waals surface area contributed by atoms with Crippen molar-refractivity contribution in [2.75, 3.05) is 25.1 Å². The predicted octanol–water partition coefficient (Wildman–Crippen LogP) is 3.61. The Balaban J connectivity index is 1.89. The number of nitro groups is 1. The summed E-state index contributed by atoms with van der Waals surface area (Å²) >= 11 is 6.03. The molecule has 0 unspecified atom stereocenters. The molecule has 3 rings (SSSR count). The van der Waals surface area contributed by atoms with Gasteiger partial charge in [0.05, 0.1) is 35.9 Å². The minimum atomic E-state index is -4.22. The molecule has 0 fully saturated rings. The van der Waals surface area contributed by atoms with Crippen molar-refractivity contribution in [1.82, 2.24) is 5.43 Å². The molecule has 0 radical (unpaired) electrons. The monoisotopic (exact) mass is 532 g/mol. The lowest BCUT2D eigenvalue weighted by Gasteiger charge is -2.25. The van der Waals surface area contributed by atoms with Crippen molar-refractivity contribution in [1.29, 1.82) is 0 Å². The number of amides is 1. The number of nitro benzene ring substituents is 1. The van der Waals surface area contributed by atoms with Crippen LogP contribution < -0.4 is 19.2 Å². The fourth-order valence-electron chi connectivity index (χ4n) is 3.09. The van der Waals surface area contributed by atoms with Crippen LogP contribution in [0.3, 0.4) is 0 Å². The summed E-state index contributed by atoms with van der Waals surface area (Å²) in [6.07, 6.45) is 1.12. The molecule has 0 aliphatic carbocycles. The number of hydrogen-bond donors (Lipinski definition) is 1. The lowest BCUT2D eigenvalue weighted by atomic mass is 10.2. The second kappa shape index (κ2) is 11.5. The maximum Gasteiger partial charge on any atom is 0.270 e. The summed E-state index contributed by atoms with van der Waals surface area (Å²) in [4.78, 5) is 23.0. The van der Waals surface area contributed by atoms with Crippen LogP contribution in [0.5, 0.6) is 11.5 Å². The van der Waals surface area contributed by atoms with Crippen LogP contribution in [0.1, 0.15) is 5.56 Å². The van der Waals surface area contributed by atoms with E-state index in [1.165, 1.54) is 62.8 Å². The van der Waals surface area contributed by atoms with E-state index in [-0.39, 0.29) is 32.6 Å². The number of nitrogens with zero attached hydrogens (tertiary/aromatic N) is 3. The van der Waals surface area contributed by atoms with Gasteiger partial charge in [0.25, 0.3) is 21.6 Å². The second-order valence-corrected chi connectivity index (χ2v) is 9.38. The van der Waals surface area contributed by atoms with Crippen molar-refractivity contribution in [2.45, 2.75) is 4.90 Å². The van der Waals surface area contributed by atoms with E-state index in [0.717, 1.165) is 10.5 Å². The smallest absolute Gasteiger partial charge is 0.270 e. The standard InChI is InChI=1S/C23H21ClN4O7S/c1-34-18-8-10-19(11-9-18)36(32,33)27(21-5-3-4-6-22(21)35-2)15-23(29)26-25-14-16-13-17(28(30)31)7-12-20(16)24/h3-14H,15H2,1-2H3,(H,26,29)/b25-14-. The number of nitrogens with one attached hydrogen (secondary N) is 1. The molecule has 0 aromatic heterocycles. The van der Waals surface area contributed by atoms with Gasteiger partial charge in [0.15, 0.2) is 0 Å². The van der Waals surface area contributed by atoms with Crippen molar-refractivity contribution in [3.8, 4) is 11.5 Å². The Morgan fingerprint density at radius 1 is 1.11 bits per heavy atom. The molecule has 1 N–H and O–H groups in total. The van der Waals surface area contributed by atoms with E-state index in [2.05, 4.69) is 10.5 Å². The van der Waals surface area contributed by atoms with Crippen LogP contribution in [0.2, 0.25) is 5.02 Å². The molecule has 0 heterocycles. The Kier molecular flexibility index (Phi) is 8.46. The summed E-state index contributed by atoms with van der Waals surface area (Å²) in [6.45, 7) is -0.644. The zero-order chi connectivity index (χ0) is 26.3. The summed E-state index contributed by atoms with van der Waals surface area (Å²) < 4.78 is 38.3. The van der Waals surface area contributed by atoms with Crippen LogP contribution in [0, 0.1) is 10.1 Å². The fraction of sp³-hybridized carbons (Fsp3) is 0.130. The van der Waals surface area contributed by atoms with Crippen molar-refractivity contribution in [3.63, 3.8) is 0 Å². The van der Waals surface area contributed by atoms with E-state index in [9.17, 15) is 23.3 Å². The lowest BCUT2D eigenvalue weighted by molar-refractivity contribution is -0.384. The summed E-state index contributed by atoms with van der Waals surface area (Å²) in [6, 6.07) is 15.8. The van der Waals surface area contributed by atoms with Gasteiger partial charge in [-0.2, -0.15) is 5.10 Å². The first-order chi connectivity index (χ1) is 17.2. The fourth-order valence-corrected chi connectivity index (χ4v) is 4.69. The van der Waals surface area contributed by atoms with Gasteiger partial charge in [0.2, 0.25) is 0 Å². The number of methoxy groups -OCH3 is 2. The summed E-state index contributed by atoms with van der Waals surface area (Å²) in [5, 5.41) is 14.9. The molecule has 11 nitrogen and oxygen atoms in total. The number of benzene rings is 3. The van der Waals surface area contributed by atoms with Crippen molar-refractivity contribution < 1.29 is 27.6 Å². The number of carbonyl (C=O) groups is 1. The Labute approximate surface area is 212 Å². The van der Waals surface area contributed by atoms with E-state index in [1.807, 2.05) is 0 Å². The number of anilines is 1. The third kappa shape index (κ3) is 6.09. The lowest BCUT2D eigenvalue weighted by Crippen LogP contribution is -2.39. The molecule has 1 amide bonds.